The molecule has 22 heavy (non-hydrogen) atoms. The summed E-state index contributed by atoms with van der Waals surface area (Å²) in [5.74, 6) is 0.402. The van der Waals surface area contributed by atoms with Gasteiger partial charge in [0.1, 0.15) is 0 Å². The number of aromatic nitrogens is 1. The molecule has 0 fully saturated rings. The minimum absolute atomic E-state index is 0.307. The molecule has 0 amide bonds. The van der Waals surface area contributed by atoms with E-state index in [0.29, 0.717) is 10.8 Å². The summed E-state index contributed by atoms with van der Waals surface area (Å²) in [5.41, 5.74) is 1.93. The molecule has 0 spiro atoms. The number of nitrogens with zero attached hydrogens (tertiary/aromatic N) is 1. The van der Waals surface area contributed by atoms with Gasteiger partial charge in [0.15, 0.2) is 0 Å². The summed E-state index contributed by atoms with van der Waals surface area (Å²) in [4.78, 5) is 0.307. The Bertz CT molecular complexity index is 895. The fourth-order valence-electron chi connectivity index (χ4n) is 2.73. The molecule has 1 unspecified atom stereocenters. The molecule has 4 heteroatoms. The molecule has 0 aliphatic rings. The van der Waals surface area contributed by atoms with Crippen LogP contribution >= 0.6 is 0 Å². The molecule has 0 aliphatic heterocycles. The lowest BCUT2D eigenvalue weighted by molar-refractivity contribution is 0.589. The van der Waals surface area contributed by atoms with Crippen molar-refractivity contribution in [2.24, 2.45) is 0 Å². The Morgan fingerprint density at radius 2 is 1.73 bits per heavy atom. The van der Waals surface area contributed by atoms with Crippen molar-refractivity contribution in [1.29, 1.82) is 0 Å². The highest BCUT2D eigenvalue weighted by Crippen LogP contribution is 2.30. The summed E-state index contributed by atoms with van der Waals surface area (Å²) < 4.78 is 27.0. The van der Waals surface area contributed by atoms with Crippen molar-refractivity contribution in [3.05, 3.63) is 66.4 Å². The summed E-state index contributed by atoms with van der Waals surface area (Å²) in [6.07, 6.45) is 2.68. The van der Waals surface area contributed by atoms with Crippen molar-refractivity contribution in [1.82, 2.24) is 3.97 Å². The number of hydrogen-bond donors (Lipinski definition) is 0. The molecular weight excluding hydrogens is 294 g/mol. The molecule has 0 saturated heterocycles. The van der Waals surface area contributed by atoms with Crippen LogP contribution in [-0.2, 0) is 10.0 Å². The van der Waals surface area contributed by atoms with Crippen LogP contribution in [0.1, 0.15) is 31.7 Å². The van der Waals surface area contributed by atoms with Crippen LogP contribution in [0.25, 0.3) is 10.9 Å². The lowest BCUT2D eigenvalue weighted by atomic mass is 9.95. The van der Waals surface area contributed by atoms with E-state index >= 15 is 0 Å². The second-order valence-corrected chi connectivity index (χ2v) is 7.33. The molecule has 0 aliphatic carbocycles. The Kier molecular flexibility index (Phi) is 3.79. The van der Waals surface area contributed by atoms with Crippen molar-refractivity contribution in [3.63, 3.8) is 0 Å². The highest BCUT2D eigenvalue weighted by atomic mass is 32.2. The van der Waals surface area contributed by atoms with Gasteiger partial charge in [0.05, 0.1) is 10.4 Å². The van der Waals surface area contributed by atoms with Crippen molar-refractivity contribution < 1.29 is 8.42 Å². The van der Waals surface area contributed by atoms with Gasteiger partial charge in [-0.2, -0.15) is 0 Å². The molecule has 1 aromatic heterocycles. The van der Waals surface area contributed by atoms with E-state index < -0.39 is 10.0 Å². The summed E-state index contributed by atoms with van der Waals surface area (Å²) in [6, 6.07) is 16.3. The third-order valence-corrected chi connectivity index (χ3v) is 5.88. The van der Waals surface area contributed by atoms with E-state index in [-0.39, 0.29) is 0 Å². The average molecular weight is 313 g/mol. The Morgan fingerprint density at radius 3 is 2.41 bits per heavy atom. The molecule has 1 heterocycles. The minimum Gasteiger partial charge on any atom is -0.241 e. The highest BCUT2D eigenvalue weighted by Gasteiger charge is 2.19. The predicted octanol–water partition coefficient (Wildman–Crippen LogP) is 4.39. The first-order valence-electron chi connectivity index (χ1n) is 7.46. The number of hydrogen-bond acceptors (Lipinski definition) is 2. The number of rotatable bonds is 4. The molecule has 3 rings (SSSR count). The van der Waals surface area contributed by atoms with E-state index in [9.17, 15) is 8.42 Å². The van der Waals surface area contributed by atoms with Gasteiger partial charge in [-0.1, -0.05) is 44.2 Å². The van der Waals surface area contributed by atoms with Crippen molar-refractivity contribution in [2.75, 3.05) is 0 Å². The van der Waals surface area contributed by atoms with Gasteiger partial charge in [-0.3, -0.25) is 0 Å². The average Bonchev–Trinajstić information content (AvgIpc) is 2.99. The van der Waals surface area contributed by atoms with Gasteiger partial charge in [0.2, 0.25) is 0 Å². The summed E-state index contributed by atoms with van der Waals surface area (Å²) in [7, 11) is -3.55. The molecule has 0 bridgehead atoms. The van der Waals surface area contributed by atoms with Gasteiger partial charge in [0.25, 0.3) is 10.0 Å². The third kappa shape index (κ3) is 2.33. The van der Waals surface area contributed by atoms with E-state index in [1.165, 1.54) is 9.54 Å². The second-order valence-electron chi connectivity index (χ2n) is 5.52. The van der Waals surface area contributed by atoms with Crippen LogP contribution in [0.2, 0.25) is 0 Å². The normalized spacial score (nSPS) is 13.4. The number of benzene rings is 2. The molecule has 0 saturated carbocycles. The lowest BCUT2D eigenvalue weighted by Crippen LogP contribution is -2.11. The standard InChI is InChI=1S/C18H19NO2S/c1-3-14(2)16-10-7-11-18-17(16)12-13-19(18)22(20,21)15-8-5-4-6-9-15/h4-14H,3H2,1-2H3. The van der Waals surface area contributed by atoms with Crippen LogP contribution in [0.4, 0.5) is 0 Å². The Balaban J connectivity index is 2.22. The third-order valence-electron chi connectivity index (χ3n) is 4.17. The molecule has 3 nitrogen and oxygen atoms in total. The van der Waals surface area contributed by atoms with E-state index in [4.69, 9.17) is 0 Å². The maximum Gasteiger partial charge on any atom is 0.268 e. The van der Waals surface area contributed by atoms with Crippen LogP contribution in [0.3, 0.4) is 0 Å². The fourth-order valence-corrected chi connectivity index (χ4v) is 4.10. The fraction of sp³-hybridized carbons (Fsp3) is 0.222. The van der Waals surface area contributed by atoms with Crippen LogP contribution in [0.5, 0.6) is 0 Å². The predicted molar refractivity (Wildman–Crippen MR) is 89.7 cm³/mol. The van der Waals surface area contributed by atoms with Crippen molar-refractivity contribution >= 4 is 20.9 Å². The van der Waals surface area contributed by atoms with Crippen LogP contribution < -0.4 is 0 Å². The topological polar surface area (TPSA) is 39.1 Å². The Labute approximate surface area is 131 Å². The highest BCUT2D eigenvalue weighted by molar-refractivity contribution is 7.90. The van der Waals surface area contributed by atoms with Gasteiger partial charge >= 0.3 is 0 Å². The van der Waals surface area contributed by atoms with Crippen LogP contribution in [0.15, 0.2) is 65.7 Å². The van der Waals surface area contributed by atoms with E-state index in [1.807, 2.05) is 24.3 Å². The van der Waals surface area contributed by atoms with Gasteiger partial charge in [-0.15, -0.1) is 0 Å². The van der Waals surface area contributed by atoms with Gasteiger partial charge in [-0.25, -0.2) is 12.4 Å². The van der Waals surface area contributed by atoms with E-state index in [1.54, 1.807) is 30.5 Å². The zero-order valence-electron chi connectivity index (χ0n) is 12.7. The number of fused-ring (bicyclic) bond motifs is 1. The molecule has 0 N–H and O–H groups in total. The van der Waals surface area contributed by atoms with Gasteiger partial charge < -0.3 is 0 Å². The summed E-state index contributed by atoms with van der Waals surface area (Å²) in [6.45, 7) is 4.30. The zero-order valence-corrected chi connectivity index (χ0v) is 13.5. The van der Waals surface area contributed by atoms with Gasteiger partial charge in [-0.05, 0) is 42.2 Å². The van der Waals surface area contributed by atoms with Crippen molar-refractivity contribution in [2.45, 2.75) is 31.1 Å². The summed E-state index contributed by atoms with van der Waals surface area (Å²) in [5, 5.41) is 1.01. The maximum absolute atomic E-state index is 12.8. The lowest BCUT2D eigenvalue weighted by Gasteiger charge is -2.12. The smallest absolute Gasteiger partial charge is 0.241 e. The zero-order chi connectivity index (χ0) is 15.7. The molecule has 2 aromatic carbocycles. The minimum atomic E-state index is -3.55. The monoisotopic (exact) mass is 313 g/mol. The first-order chi connectivity index (χ1) is 10.6. The van der Waals surface area contributed by atoms with Crippen LogP contribution in [-0.4, -0.2) is 12.4 Å². The van der Waals surface area contributed by atoms with Crippen molar-refractivity contribution in [3.8, 4) is 0 Å². The summed E-state index contributed by atoms with van der Waals surface area (Å²) >= 11 is 0. The van der Waals surface area contributed by atoms with E-state index in [2.05, 4.69) is 19.9 Å². The first-order valence-corrected chi connectivity index (χ1v) is 8.90. The Hall–Kier alpha value is -2.07. The quantitative estimate of drug-likeness (QED) is 0.716. The molecule has 114 valence electrons. The first kappa shape index (κ1) is 14.9. The molecular formula is C18H19NO2S. The Morgan fingerprint density at radius 1 is 1.00 bits per heavy atom. The van der Waals surface area contributed by atoms with E-state index in [0.717, 1.165) is 17.3 Å². The molecule has 0 radical (unpaired) electrons. The van der Waals surface area contributed by atoms with Crippen LogP contribution in [0, 0.1) is 0 Å². The molecule has 1 atom stereocenters. The SMILES string of the molecule is CCC(C)c1cccc2c1ccn2S(=O)(=O)c1ccccc1. The second kappa shape index (κ2) is 5.61. The van der Waals surface area contributed by atoms with Gasteiger partial charge in [0, 0.05) is 11.6 Å². The largest absolute Gasteiger partial charge is 0.268 e. The maximum atomic E-state index is 12.8. The molecule has 3 aromatic rings.